The number of piperidine rings is 1. The lowest BCUT2D eigenvalue weighted by atomic mass is 9.91. The fourth-order valence-electron chi connectivity index (χ4n) is 2.43. The van der Waals surface area contributed by atoms with E-state index in [0.29, 0.717) is 32.7 Å². The van der Waals surface area contributed by atoms with Crippen molar-refractivity contribution in [1.29, 1.82) is 0 Å². The fraction of sp³-hybridized carbons (Fsp3) is 0.875. The van der Waals surface area contributed by atoms with Crippen LogP contribution in [-0.2, 0) is 19.1 Å². The summed E-state index contributed by atoms with van der Waals surface area (Å²) in [5, 5.41) is 3.07. The molecular weight excluding hydrogens is 284 g/mol. The van der Waals surface area contributed by atoms with E-state index in [-0.39, 0.29) is 29.9 Å². The number of hydrogen-bond acceptors (Lipinski definition) is 4. The molecule has 6 nitrogen and oxygen atoms in total. The van der Waals surface area contributed by atoms with E-state index in [2.05, 4.69) is 26.1 Å². The van der Waals surface area contributed by atoms with Gasteiger partial charge in [-0.25, -0.2) is 0 Å². The Kier molecular flexibility index (Phi) is 7.82. The normalized spacial score (nSPS) is 16.6. The number of methoxy groups -OCH3 is 1. The first-order valence-electron chi connectivity index (χ1n) is 7.95. The minimum atomic E-state index is 0.000291. The van der Waals surface area contributed by atoms with Crippen molar-refractivity contribution in [2.75, 3.05) is 40.0 Å². The maximum absolute atomic E-state index is 12.0. The molecule has 6 heteroatoms. The molecule has 0 aromatic heterocycles. The zero-order valence-electron chi connectivity index (χ0n) is 14.3. The van der Waals surface area contributed by atoms with Crippen LogP contribution < -0.4 is 5.32 Å². The summed E-state index contributed by atoms with van der Waals surface area (Å²) in [5.74, 6) is 0.107. The van der Waals surface area contributed by atoms with Gasteiger partial charge in [0.2, 0.25) is 11.8 Å². The van der Waals surface area contributed by atoms with Gasteiger partial charge in [-0.2, -0.15) is 0 Å². The number of carbonyl (C=O) groups is 2. The van der Waals surface area contributed by atoms with Crippen molar-refractivity contribution in [2.45, 2.75) is 46.1 Å². The third kappa shape index (κ3) is 7.75. The van der Waals surface area contributed by atoms with Gasteiger partial charge in [-0.05, 0) is 18.3 Å². The van der Waals surface area contributed by atoms with E-state index in [4.69, 9.17) is 9.47 Å². The highest BCUT2D eigenvalue weighted by molar-refractivity contribution is 5.78. The van der Waals surface area contributed by atoms with Crippen LogP contribution in [0.5, 0.6) is 0 Å². The predicted octanol–water partition coefficient (Wildman–Crippen LogP) is 1.19. The molecule has 2 amide bonds. The highest BCUT2D eigenvalue weighted by atomic mass is 16.5. The van der Waals surface area contributed by atoms with E-state index in [1.807, 2.05) is 0 Å². The number of hydrogen-bond donors (Lipinski definition) is 1. The molecule has 1 aliphatic heterocycles. The Labute approximate surface area is 133 Å². The molecule has 128 valence electrons. The quantitative estimate of drug-likeness (QED) is 0.717. The summed E-state index contributed by atoms with van der Waals surface area (Å²) in [5.41, 5.74) is 0.000291. The number of likely N-dealkylation sites (tertiary alicyclic amines) is 1. The van der Waals surface area contributed by atoms with Crippen LogP contribution in [0.4, 0.5) is 0 Å². The monoisotopic (exact) mass is 314 g/mol. The zero-order valence-corrected chi connectivity index (χ0v) is 14.3. The minimum absolute atomic E-state index is 0.000291. The summed E-state index contributed by atoms with van der Waals surface area (Å²) < 4.78 is 10.1. The van der Waals surface area contributed by atoms with E-state index in [1.54, 1.807) is 12.0 Å². The van der Waals surface area contributed by atoms with Crippen LogP contribution in [0.3, 0.4) is 0 Å². The lowest BCUT2D eigenvalue weighted by Gasteiger charge is -2.33. The Balaban J connectivity index is 2.22. The Morgan fingerprint density at radius 3 is 2.36 bits per heavy atom. The van der Waals surface area contributed by atoms with Crippen LogP contribution in [0.15, 0.2) is 0 Å². The standard InChI is InChI=1S/C16H30N2O4/c1-16(2,3)11-14(19)17-13-5-7-18(8-6-13)15(20)12-22-10-9-21-4/h13H,5-12H2,1-4H3,(H,17,19). The first-order valence-corrected chi connectivity index (χ1v) is 7.95. The molecule has 22 heavy (non-hydrogen) atoms. The van der Waals surface area contributed by atoms with Gasteiger partial charge in [0.15, 0.2) is 0 Å². The fourth-order valence-corrected chi connectivity index (χ4v) is 2.43. The Morgan fingerprint density at radius 2 is 1.82 bits per heavy atom. The molecule has 0 saturated carbocycles. The van der Waals surface area contributed by atoms with Crippen LogP contribution in [0.25, 0.3) is 0 Å². The van der Waals surface area contributed by atoms with Crippen LogP contribution in [0.2, 0.25) is 0 Å². The highest BCUT2D eigenvalue weighted by Gasteiger charge is 2.25. The summed E-state index contributed by atoms with van der Waals surface area (Å²) in [7, 11) is 1.60. The largest absolute Gasteiger partial charge is 0.382 e. The van der Waals surface area contributed by atoms with Crippen molar-refractivity contribution < 1.29 is 19.1 Å². The Morgan fingerprint density at radius 1 is 1.18 bits per heavy atom. The van der Waals surface area contributed by atoms with Gasteiger partial charge in [0.1, 0.15) is 6.61 Å². The molecule has 1 saturated heterocycles. The number of nitrogens with one attached hydrogen (secondary N) is 1. The zero-order chi connectivity index (χ0) is 16.6. The molecule has 1 aliphatic rings. The van der Waals surface area contributed by atoms with E-state index < -0.39 is 0 Å². The second-order valence-corrected chi connectivity index (χ2v) is 7.01. The summed E-state index contributed by atoms with van der Waals surface area (Å²) in [6.07, 6.45) is 2.14. The van der Waals surface area contributed by atoms with E-state index >= 15 is 0 Å². The van der Waals surface area contributed by atoms with Gasteiger partial charge < -0.3 is 19.7 Å². The molecule has 0 aromatic rings. The van der Waals surface area contributed by atoms with Crippen molar-refractivity contribution in [3.8, 4) is 0 Å². The van der Waals surface area contributed by atoms with E-state index in [1.165, 1.54) is 0 Å². The molecular formula is C16H30N2O4. The van der Waals surface area contributed by atoms with Crippen molar-refractivity contribution in [2.24, 2.45) is 5.41 Å². The van der Waals surface area contributed by atoms with Gasteiger partial charge in [0.25, 0.3) is 0 Å². The third-order valence-electron chi connectivity index (χ3n) is 3.56. The van der Waals surface area contributed by atoms with Crippen molar-refractivity contribution in [3.63, 3.8) is 0 Å². The Hall–Kier alpha value is -1.14. The Bertz CT molecular complexity index is 358. The lowest BCUT2D eigenvalue weighted by molar-refractivity contribution is -0.137. The lowest BCUT2D eigenvalue weighted by Crippen LogP contribution is -2.47. The SMILES string of the molecule is COCCOCC(=O)N1CCC(NC(=O)CC(C)(C)C)CC1. The van der Waals surface area contributed by atoms with Gasteiger partial charge in [-0.3, -0.25) is 9.59 Å². The average Bonchev–Trinajstić information content (AvgIpc) is 2.42. The van der Waals surface area contributed by atoms with Gasteiger partial charge >= 0.3 is 0 Å². The molecule has 1 N–H and O–H groups in total. The summed E-state index contributed by atoms with van der Waals surface area (Å²) in [6.45, 7) is 8.54. The molecule has 0 spiro atoms. The van der Waals surface area contributed by atoms with Crippen LogP contribution in [-0.4, -0.2) is 62.8 Å². The van der Waals surface area contributed by atoms with Crippen LogP contribution in [0.1, 0.15) is 40.0 Å². The smallest absolute Gasteiger partial charge is 0.248 e. The molecule has 1 heterocycles. The van der Waals surface area contributed by atoms with Gasteiger partial charge in [0.05, 0.1) is 13.2 Å². The van der Waals surface area contributed by atoms with E-state index in [9.17, 15) is 9.59 Å². The maximum Gasteiger partial charge on any atom is 0.248 e. The number of ether oxygens (including phenoxy) is 2. The van der Waals surface area contributed by atoms with E-state index in [0.717, 1.165) is 12.8 Å². The first-order chi connectivity index (χ1) is 10.3. The average molecular weight is 314 g/mol. The molecule has 1 rings (SSSR count). The summed E-state index contributed by atoms with van der Waals surface area (Å²) in [4.78, 5) is 25.7. The molecule has 0 bridgehead atoms. The van der Waals surface area contributed by atoms with Crippen molar-refractivity contribution >= 4 is 11.8 Å². The second-order valence-electron chi connectivity index (χ2n) is 7.01. The van der Waals surface area contributed by atoms with Gasteiger partial charge in [0, 0.05) is 32.7 Å². The van der Waals surface area contributed by atoms with Crippen molar-refractivity contribution in [1.82, 2.24) is 10.2 Å². The second kappa shape index (κ2) is 9.10. The predicted molar refractivity (Wildman–Crippen MR) is 84.5 cm³/mol. The third-order valence-corrected chi connectivity index (χ3v) is 3.56. The minimum Gasteiger partial charge on any atom is -0.382 e. The molecule has 0 radical (unpaired) electrons. The first kappa shape index (κ1) is 18.9. The number of amides is 2. The highest BCUT2D eigenvalue weighted by Crippen LogP contribution is 2.19. The summed E-state index contributed by atoms with van der Waals surface area (Å²) >= 11 is 0. The van der Waals surface area contributed by atoms with Gasteiger partial charge in [-0.15, -0.1) is 0 Å². The van der Waals surface area contributed by atoms with Gasteiger partial charge in [-0.1, -0.05) is 20.8 Å². The molecule has 0 aromatic carbocycles. The number of carbonyl (C=O) groups excluding carboxylic acids is 2. The number of rotatable bonds is 7. The molecule has 0 unspecified atom stereocenters. The number of nitrogens with zero attached hydrogens (tertiary/aromatic N) is 1. The molecule has 1 fully saturated rings. The van der Waals surface area contributed by atoms with Crippen LogP contribution >= 0.6 is 0 Å². The maximum atomic E-state index is 12.0. The molecule has 0 atom stereocenters. The van der Waals surface area contributed by atoms with Crippen LogP contribution in [0, 0.1) is 5.41 Å². The topological polar surface area (TPSA) is 67.9 Å². The van der Waals surface area contributed by atoms with Crippen molar-refractivity contribution in [3.05, 3.63) is 0 Å². The summed E-state index contributed by atoms with van der Waals surface area (Å²) in [6, 6.07) is 0.174. The molecule has 0 aliphatic carbocycles.